The van der Waals surface area contributed by atoms with Crippen LogP contribution in [0.2, 0.25) is 0 Å². The van der Waals surface area contributed by atoms with Crippen molar-refractivity contribution >= 4 is 16.0 Å². The molecule has 1 aromatic rings. The lowest BCUT2D eigenvalue weighted by Gasteiger charge is -2.20. The first-order valence-corrected chi connectivity index (χ1v) is 7.15. The maximum absolute atomic E-state index is 11.9. The maximum atomic E-state index is 11.9. The van der Waals surface area contributed by atoms with Crippen LogP contribution in [0, 0.1) is 0 Å². The molecule has 1 rings (SSSR count). The van der Waals surface area contributed by atoms with Gasteiger partial charge in [0.1, 0.15) is 0 Å². The van der Waals surface area contributed by atoms with E-state index in [1.807, 2.05) is 0 Å². The highest BCUT2D eigenvalue weighted by molar-refractivity contribution is 7.89. The smallest absolute Gasteiger partial charge is 0.320 e. The lowest BCUT2D eigenvalue weighted by atomic mass is 10.3. The minimum Gasteiger partial charge on any atom is -0.480 e. The fourth-order valence-electron chi connectivity index (χ4n) is 1.43. The summed E-state index contributed by atoms with van der Waals surface area (Å²) in [6.07, 6.45) is 1.55. The molecule has 0 aromatic carbocycles. The predicted octanol–water partition coefficient (Wildman–Crippen LogP) is -0.0556. The zero-order chi connectivity index (χ0) is 14.3. The van der Waals surface area contributed by atoms with Gasteiger partial charge in [-0.3, -0.25) is 9.78 Å². The molecule has 1 N–H and O–H groups in total. The van der Waals surface area contributed by atoms with Crippen LogP contribution in [0.3, 0.4) is 0 Å². The van der Waals surface area contributed by atoms with Crippen molar-refractivity contribution in [2.75, 3.05) is 26.0 Å². The Morgan fingerprint density at radius 1 is 1.47 bits per heavy atom. The molecule has 1 aromatic heterocycles. The number of carbonyl (C=O) groups is 1. The fraction of sp³-hybridized carbons (Fsp3) is 0.455. The first-order valence-electron chi connectivity index (χ1n) is 5.54. The summed E-state index contributed by atoms with van der Waals surface area (Å²) in [4.78, 5) is 14.6. The average molecular weight is 288 g/mol. The van der Waals surface area contributed by atoms with E-state index in [1.165, 1.54) is 7.11 Å². The summed E-state index contributed by atoms with van der Waals surface area (Å²) < 4.78 is 29.7. The van der Waals surface area contributed by atoms with Crippen LogP contribution in [0.4, 0.5) is 0 Å². The Kier molecular flexibility index (Phi) is 5.87. The highest BCUT2D eigenvalue weighted by Crippen LogP contribution is 2.08. The Morgan fingerprint density at radius 2 is 2.21 bits per heavy atom. The average Bonchev–Trinajstić information content (AvgIpc) is 2.34. The zero-order valence-electron chi connectivity index (χ0n) is 10.5. The number of aromatic nitrogens is 1. The number of pyridine rings is 1. The van der Waals surface area contributed by atoms with Gasteiger partial charge in [0.15, 0.2) is 5.75 Å². The molecule has 0 amide bonds. The second-order valence-electron chi connectivity index (χ2n) is 3.80. The van der Waals surface area contributed by atoms with Gasteiger partial charge in [-0.2, -0.15) is 4.31 Å². The Labute approximate surface area is 111 Å². The van der Waals surface area contributed by atoms with Crippen LogP contribution in [0.25, 0.3) is 0 Å². The molecule has 0 atom stereocenters. The number of hydrogen-bond acceptors (Lipinski definition) is 5. The Hall–Kier alpha value is -1.51. The van der Waals surface area contributed by atoms with Gasteiger partial charge in [0, 0.05) is 19.9 Å². The normalized spacial score (nSPS) is 11.7. The predicted molar refractivity (Wildman–Crippen MR) is 67.9 cm³/mol. The molecule has 0 fully saturated rings. The summed E-state index contributed by atoms with van der Waals surface area (Å²) in [7, 11) is -2.43. The van der Waals surface area contributed by atoms with Crippen LogP contribution in [-0.2, 0) is 26.1 Å². The largest absolute Gasteiger partial charge is 0.480 e. The van der Waals surface area contributed by atoms with Gasteiger partial charge in [0.2, 0.25) is 10.0 Å². The number of methoxy groups -OCH3 is 1. The van der Waals surface area contributed by atoms with Crippen molar-refractivity contribution in [1.29, 1.82) is 0 Å². The van der Waals surface area contributed by atoms with Crippen molar-refractivity contribution in [3.05, 3.63) is 30.1 Å². The molecule has 0 unspecified atom stereocenters. The molecule has 7 nitrogen and oxygen atoms in total. The van der Waals surface area contributed by atoms with Gasteiger partial charge in [-0.25, -0.2) is 8.42 Å². The summed E-state index contributed by atoms with van der Waals surface area (Å²) in [5.74, 6) is -2.33. The third kappa shape index (κ3) is 5.33. The van der Waals surface area contributed by atoms with Gasteiger partial charge in [-0.1, -0.05) is 6.07 Å². The van der Waals surface area contributed by atoms with Crippen LogP contribution in [0.5, 0.6) is 0 Å². The number of ether oxygens (including phenoxy) is 1. The van der Waals surface area contributed by atoms with Gasteiger partial charge >= 0.3 is 5.97 Å². The van der Waals surface area contributed by atoms with Crippen molar-refractivity contribution in [3.63, 3.8) is 0 Å². The van der Waals surface area contributed by atoms with Crippen LogP contribution >= 0.6 is 0 Å². The van der Waals surface area contributed by atoms with E-state index in [0.29, 0.717) is 5.69 Å². The fourth-order valence-corrected chi connectivity index (χ4v) is 2.61. The van der Waals surface area contributed by atoms with E-state index >= 15 is 0 Å². The highest BCUT2D eigenvalue weighted by atomic mass is 32.2. The lowest BCUT2D eigenvalue weighted by molar-refractivity contribution is -0.134. The highest BCUT2D eigenvalue weighted by Gasteiger charge is 2.25. The number of rotatable bonds is 8. The number of carboxylic acid groups (broad SMARTS) is 1. The summed E-state index contributed by atoms with van der Waals surface area (Å²) in [5.41, 5.74) is 0.549. The molecule has 19 heavy (non-hydrogen) atoms. The van der Waals surface area contributed by atoms with Gasteiger partial charge in [-0.05, 0) is 12.1 Å². The van der Waals surface area contributed by atoms with Crippen molar-refractivity contribution < 1.29 is 23.1 Å². The molecule has 0 aliphatic heterocycles. The van der Waals surface area contributed by atoms with Crippen molar-refractivity contribution in [1.82, 2.24) is 9.29 Å². The van der Waals surface area contributed by atoms with E-state index in [9.17, 15) is 13.2 Å². The van der Waals surface area contributed by atoms with Gasteiger partial charge < -0.3 is 9.84 Å². The molecule has 8 heteroatoms. The Bertz CT molecular complexity index is 503. The number of carboxylic acids is 1. The van der Waals surface area contributed by atoms with Gasteiger partial charge in [0.05, 0.1) is 18.8 Å². The summed E-state index contributed by atoms with van der Waals surface area (Å²) in [5, 5.41) is 8.64. The van der Waals surface area contributed by atoms with E-state index in [4.69, 9.17) is 9.84 Å². The van der Waals surface area contributed by atoms with Crippen LogP contribution in [0.15, 0.2) is 24.4 Å². The van der Waals surface area contributed by atoms with Crippen LogP contribution in [0.1, 0.15) is 5.69 Å². The second kappa shape index (κ2) is 7.17. The van der Waals surface area contributed by atoms with Gasteiger partial charge in [-0.15, -0.1) is 0 Å². The van der Waals surface area contributed by atoms with Crippen molar-refractivity contribution in [2.24, 2.45) is 0 Å². The van der Waals surface area contributed by atoms with Crippen molar-refractivity contribution in [3.8, 4) is 0 Å². The molecule has 0 aliphatic carbocycles. The van der Waals surface area contributed by atoms with Crippen LogP contribution < -0.4 is 0 Å². The van der Waals surface area contributed by atoms with Gasteiger partial charge in [0.25, 0.3) is 0 Å². The van der Waals surface area contributed by atoms with Crippen LogP contribution in [-0.4, -0.2) is 54.8 Å². The molecule has 0 radical (unpaired) electrons. The molecule has 106 valence electrons. The topological polar surface area (TPSA) is 96.8 Å². The zero-order valence-corrected chi connectivity index (χ0v) is 11.3. The quantitative estimate of drug-likeness (QED) is 0.720. The standard InChI is InChI=1S/C11H16N2O5S/c1-18-7-6-13(19(16,17)9-11(14)15)8-10-4-2-3-5-12-10/h2-5H,6-9H2,1H3,(H,14,15). The first-order chi connectivity index (χ1) is 8.95. The van der Waals surface area contributed by atoms with E-state index in [2.05, 4.69) is 4.98 Å². The molecular formula is C11H16N2O5S. The molecule has 1 heterocycles. The number of sulfonamides is 1. The maximum Gasteiger partial charge on any atom is 0.320 e. The molecular weight excluding hydrogens is 272 g/mol. The number of aliphatic carboxylic acids is 1. The van der Waals surface area contributed by atoms with Crippen molar-refractivity contribution in [2.45, 2.75) is 6.54 Å². The third-order valence-corrected chi connectivity index (χ3v) is 4.02. The first kappa shape index (κ1) is 15.5. The van der Waals surface area contributed by atoms with E-state index in [0.717, 1.165) is 4.31 Å². The molecule has 0 saturated heterocycles. The Balaban J connectivity index is 2.85. The molecule has 0 bridgehead atoms. The number of hydrogen-bond donors (Lipinski definition) is 1. The summed E-state index contributed by atoms with van der Waals surface area (Å²) in [6.45, 7) is 0.300. The minimum atomic E-state index is -3.88. The van der Waals surface area contributed by atoms with E-state index in [1.54, 1.807) is 24.4 Å². The monoisotopic (exact) mass is 288 g/mol. The summed E-state index contributed by atoms with van der Waals surface area (Å²) in [6, 6.07) is 5.13. The molecule has 0 spiro atoms. The molecule has 0 aliphatic rings. The molecule has 0 saturated carbocycles. The number of nitrogens with zero attached hydrogens (tertiary/aromatic N) is 2. The lowest BCUT2D eigenvalue weighted by Crippen LogP contribution is -2.37. The Morgan fingerprint density at radius 3 is 2.74 bits per heavy atom. The van der Waals surface area contributed by atoms with E-state index in [-0.39, 0.29) is 19.7 Å². The SMILES string of the molecule is COCCN(Cc1ccccn1)S(=O)(=O)CC(=O)O. The minimum absolute atomic E-state index is 0.0276. The second-order valence-corrected chi connectivity index (χ2v) is 5.77. The summed E-state index contributed by atoms with van der Waals surface area (Å²) >= 11 is 0. The third-order valence-electron chi connectivity index (χ3n) is 2.31. The van der Waals surface area contributed by atoms with E-state index < -0.39 is 21.7 Å².